The molecule has 0 aliphatic rings. The lowest BCUT2D eigenvalue weighted by atomic mass is 10.00. The molecule has 22 heavy (non-hydrogen) atoms. The van der Waals surface area contributed by atoms with Crippen LogP contribution in [0.2, 0.25) is 0 Å². The van der Waals surface area contributed by atoms with Crippen LogP contribution in [0.3, 0.4) is 0 Å². The molecule has 1 heterocycles. The largest absolute Gasteiger partial charge is 0.494 e. The van der Waals surface area contributed by atoms with Gasteiger partial charge >= 0.3 is 5.97 Å². The van der Waals surface area contributed by atoms with Gasteiger partial charge in [-0.3, -0.25) is 4.79 Å². The number of esters is 1. The predicted octanol–water partition coefficient (Wildman–Crippen LogP) is 3.67. The molecule has 4 nitrogen and oxygen atoms in total. The molecule has 0 radical (unpaired) electrons. The molecular formula is C18H21NO3. The number of nitrogens with zero attached hydrogens (tertiary/aromatic N) is 1. The molecule has 1 atom stereocenters. The van der Waals surface area contributed by atoms with E-state index >= 15 is 0 Å². The third-order valence-corrected chi connectivity index (χ3v) is 3.70. The number of rotatable bonds is 7. The van der Waals surface area contributed by atoms with E-state index in [1.807, 2.05) is 28.8 Å². The van der Waals surface area contributed by atoms with Crippen molar-refractivity contribution in [1.29, 1.82) is 0 Å². The topological polar surface area (TPSA) is 40.5 Å². The molecule has 0 amide bonds. The number of ether oxygens (including phenoxy) is 2. The minimum atomic E-state index is -0.454. The SMILES string of the molecule is C=CCC(C(=O)OC)c1c(OC)c2ccccc2n1CC=C. The highest BCUT2D eigenvalue weighted by Gasteiger charge is 2.29. The molecular weight excluding hydrogens is 278 g/mol. The predicted molar refractivity (Wildman–Crippen MR) is 88.3 cm³/mol. The molecule has 1 unspecified atom stereocenters. The smallest absolute Gasteiger partial charge is 0.315 e. The molecule has 2 rings (SSSR count). The van der Waals surface area contributed by atoms with Gasteiger partial charge in [-0.25, -0.2) is 0 Å². The zero-order chi connectivity index (χ0) is 16.1. The number of hydrogen-bond acceptors (Lipinski definition) is 3. The molecule has 1 aromatic heterocycles. The van der Waals surface area contributed by atoms with Gasteiger partial charge in [0.05, 0.1) is 25.4 Å². The van der Waals surface area contributed by atoms with Gasteiger partial charge in [0, 0.05) is 11.9 Å². The Kier molecular flexibility index (Phi) is 5.04. The van der Waals surface area contributed by atoms with Crippen molar-refractivity contribution in [3.05, 3.63) is 55.3 Å². The van der Waals surface area contributed by atoms with Crippen LogP contribution in [0, 0.1) is 0 Å². The summed E-state index contributed by atoms with van der Waals surface area (Å²) in [6.07, 6.45) is 4.01. The zero-order valence-corrected chi connectivity index (χ0v) is 13.0. The average Bonchev–Trinajstić information content (AvgIpc) is 2.86. The Morgan fingerprint density at radius 2 is 2.00 bits per heavy atom. The van der Waals surface area contributed by atoms with E-state index in [0.29, 0.717) is 18.7 Å². The lowest BCUT2D eigenvalue weighted by Gasteiger charge is -2.17. The second-order valence-electron chi connectivity index (χ2n) is 4.94. The Morgan fingerprint density at radius 1 is 1.27 bits per heavy atom. The fourth-order valence-corrected chi connectivity index (χ4v) is 2.81. The highest BCUT2D eigenvalue weighted by Crippen LogP contribution is 2.39. The minimum Gasteiger partial charge on any atom is -0.494 e. The van der Waals surface area contributed by atoms with Crippen LogP contribution in [-0.2, 0) is 16.1 Å². The number of methoxy groups -OCH3 is 2. The van der Waals surface area contributed by atoms with Crippen molar-refractivity contribution in [2.45, 2.75) is 18.9 Å². The van der Waals surface area contributed by atoms with E-state index in [2.05, 4.69) is 13.2 Å². The maximum absolute atomic E-state index is 12.2. The maximum Gasteiger partial charge on any atom is 0.315 e. The first-order valence-electron chi connectivity index (χ1n) is 7.14. The third kappa shape index (κ3) is 2.64. The summed E-state index contributed by atoms with van der Waals surface area (Å²) in [7, 11) is 3.01. The zero-order valence-electron chi connectivity index (χ0n) is 13.0. The number of fused-ring (bicyclic) bond motifs is 1. The van der Waals surface area contributed by atoms with Gasteiger partial charge in [0.1, 0.15) is 11.7 Å². The molecule has 0 aliphatic carbocycles. The van der Waals surface area contributed by atoms with E-state index in [0.717, 1.165) is 16.6 Å². The van der Waals surface area contributed by atoms with Gasteiger partial charge in [-0.05, 0) is 18.6 Å². The molecule has 0 saturated heterocycles. The van der Waals surface area contributed by atoms with Gasteiger partial charge in [-0.15, -0.1) is 13.2 Å². The van der Waals surface area contributed by atoms with E-state index < -0.39 is 5.92 Å². The van der Waals surface area contributed by atoms with Crippen molar-refractivity contribution in [2.75, 3.05) is 14.2 Å². The van der Waals surface area contributed by atoms with Gasteiger partial charge < -0.3 is 14.0 Å². The van der Waals surface area contributed by atoms with Crippen molar-refractivity contribution in [2.24, 2.45) is 0 Å². The molecule has 2 aromatic rings. The van der Waals surface area contributed by atoms with Crippen molar-refractivity contribution in [1.82, 2.24) is 4.57 Å². The monoisotopic (exact) mass is 299 g/mol. The number of para-hydroxylation sites is 1. The van der Waals surface area contributed by atoms with Crippen LogP contribution >= 0.6 is 0 Å². The van der Waals surface area contributed by atoms with Crippen LogP contribution in [0.25, 0.3) is 10.9 Å². The van der Waals surface area contributed by atoms with E-state index in [1.54, 1.807) is 19.3 Å². The van der Waals surface area contributed by atoms with Gasteiger partial charge in [-0.2, -0.15) is 0 Å². The van der Waals surface area contributed by atoms with Crippen LogP contribution in [0.1, 0.15) is 18.0 Å². The first kappa shape index (κ1) is 15.9. The van der Waals surface area contributed by atoms with Crippen LogP contribution in [0.15, 0.2) is 49.6 Å². The van der Waals surface area contributed by atoms with Crippen LogP contribution in [-0.4, -0.2) is 24.8 Å². The third-order valence-electron chi connectivity index (χ3n) is 3.70. The van der Waals surface area contributed by atoms with Crippen molar-refractivity contribution < 1.29 is 14.3 Å². The van der Waals surface area contributed by atoms with Crippen molar-refractivity contribution in [3.8, 4) is 5.75 Å². The van der Waals surface area contributed by atoms with Gasteiger partial charge in [0.15, 0.2) is 0 Å². The van der Waals surface area contributed by atoms with E-state index in [4.69, 9.17) is 9.47 Å². The van der Waals surface area contributed by atoms with Gasteiger partial charge in [0.25, 0.3) is 0 Å². The molecule has 0 N–H and O–H groups in total. The van der Waals surface area contributed by atoms with E-state index in [1.165, 1.54) is 7.11 Å². The summed E-state index contributed by atoms with van der Waals surface area (Å²) in [6.45, 7) is 8.15. The number of allylic oxidation sites excluding steroid dienone is 2. The summed E-state index contributed by atoms with van der Waals surface area (Å²) < 4.78 is 12.6. The highest BCUT2D eigenvalue weighted by atomic mass is 16.5. The highest BCUT2D eigenvalue weighted by molar-refractivity contribution is 5.92. The number of carbonyl (C=O) groups excluding carboxylic acids is 1. The molecule has 0 bridgehead atoms. The number of aromatic nitrogens is 1. The Labute approximate surface area is 130 Å². The Bertz CT molecular complexity index is 700. The minimum absolute atomic E-state index is 0.300. The Hall–Kier alpha value is -2.49. The molecule has 0 spiro atoms. The molecule has 0 saturated carbocycles. The van der Waals surface area contributed by atoms with Crippen molar-refractivity contribution in [3.63, 3.8) is 0 Å². The first-order chi connectivity index (χ1) is 10.7. The Morgan fingerprint density at radius 3 is 2.59 bits per heavy atom. The van der Waals surface area contributed by atoms with Gasteiger partial charge in [-0.1, -0.05) is 24.3 Å². The fraction of sp³-hybridized carbons (Fsp3) is 0.278. The molecule has 1 aromatic carbocycles. The van der Waals surface area contributed by atoms with E-state index in [9.17, 15) is 4.79 Å². The quantitative estimate of drug-likeness (QED) is 0.578. The average molecular weight is 299 g/mol. The summed E-state index contributed by atoms with van der Waals surface area (Å²) in [5.41, 5.74) is 1.81. The normalized spacial score (nSPS) is 11.9. The standard InChI is InChI=1S/C18H21NO3/c1-5-9-14(18(20)22-4)16-17(21-3)13-10-7-8-11-15(13)19(16)12-6-2/h5-8,10-11,14H,1-2,9,12H2,3-4H3. The lowest BCUT2D eigenvalue weighted by Crippen LogP contribution is -2.18. The summed E-state index contributed by atoms with van der Waals surface area (Å²) in [5.74, 6) is -0.0502. The lowest BCUT2D eigenvalue weighted by molar-refractivity contribution is -0.142. The molecule has 0 fully saturated rings. The van der Waals surface area contributed by atoms with Gasteiger partial charge in [0.2, 0.25) is 0 Å². The van der Waals surface area contributed by atoms with Crippen LogP contribution in [0.4, 0.5) is 0 Å². The fourth-order valence-electron chi connectivity index (χ4n) is 2.81. The Balaban J connectivity index is 2.77. The van der Waals surface area contributed by atoms with E-state index in [-0.39, 0.29) is 5.97 Å². The van der Waals surface area contributed by atoms with Crippen molar-refractivity contribution >= 4 is 16.9 Å². The maximum atomic E-state index is 12.2. The molecule has 4 heteroatoms. The van der Waals surface area contributed by atoms with Crippen LogP contribution in [0.5, 0.6) is 5.75 Å². The van der Waals surface area contributed by atoms with Crippen LogP contribution < -0.4 is 4.74 Å². The summed E-state index contributed by atoms with van der Waals surface area (Å²) in [6, 6.07) is 7.91. The molecule has 0 aliphatic heterocycles. The second kappa shape index (κ2) is 6.98. The number of carbonyl (C=O) groups is 1. The summed E-state index contributed by atoms with van der Waals surface area (Å²) >= 11 is 0. The second-order valence-corrected chi connectivity index (χ2v) is 4.94. The number of benzene rings is 1. The first-order valence-corrected chi connectivity index (χ1v) is 7.14. The number of hydrogen-bond donors (Lipinski definition) is 0. The summed E-state index contributed by atoms with van der Waals surface area (Å²) in [5, 5.41) is 0.972. The molecule has 116 valence electrons. The summed E-state index contributed by atoms with van der Waals surface area (Å²) in [4.78, 5) is 12.2.